The van der Waals surface area contributed by atoms with Crippen LogP contribution in [0.4, 0.5) is 4.79 Å². The molecule has 1 saturated heterocycles. The SMILES string of the molecule is CC(C)(C)OC(=O)N1C[C@@H](C(=O)O)[C@H](c2ccccc2Cl)C1. The molecule has 22 heavy (non-hydrogen) atoms. The Labute approximate surface area is 134 Å². The summed E-state index contributed by atoms with van der Waals surface area (Å²) in [4.78, 5) is 25.1. The van der Waals surface area contributed by atoms with E-state index in [9.17, 15) is 14.7 Å². The summed E-state index contributed by atoms with van der Waals surface area (Å²) in [5, 5.41) is 9.96. The van der Waals surface area contributed by atoms with Crippen LogP contribution in [0.3, 0.4) is 0 Å². The molecule has 2 atom stereocenters. The van der Waals surface area contributed by atoms with Gasteiger partial charge in [0.25, 0.3) is 0 Å². The molecule has 1 aliphatic rings. The van der Waals surface area contributed by atoms with E-state index in [4.69, 9.17) is 16.3 Å². The second kappa shape index (κ2) is 6.16. The molecule has 0 spiro atoms. The van der Waals surface area contributed by atoms with E-state index >= 15 is 0 Å². The van der Waals surface area contributed by atoms with Crippen LogP contribution in [-0.4, -0.2) is 40.8 Å². The number of likely N-dealkylation sites (tertiary alicyclic amines) is 1. The first-order valence-electron chi connectivity index (χ1n) is 7.14. The predicted octanol–water partition coefficient (Wildman–Crippen LogP) is 3.38. The molecular formula is C16H20ClNO4. The number of carboxylic acids is 1. The average molecular weight is 326 g/mol. The van der Waals surface area contributed by atoms with Crippen molar-refractivity contribution in [3.63, 3.8) is 0 Å². The maximum absolute atomic E-state index is 12.2. The fraction of sp³-hybridized carbons (Fsp3) is 0.500. The second-order valence-corrected chi connectivity index (χ2v) is 6.87. The van der Waals surface area contributed by atoms with Crippen LogP contribution in [0.25, 0.3) is 0 Å². The third-order valence-electron chi connectivity index (χ3n) is 3.59. The van der Waals surface area contributed by atoms with Gasteiger partial charge in [-0.2, -0.15) is 0 Å². The number of ether oxygens (including phenoxy) is 1. The minimum absolute atomic E-state index is 0.125. The van der Waals surface area contributed by atoms with Gasteiger partial charge >= 0.3 is 12.1 Å². The van der Waals surface area contributed by atoms with Crippen molar-refractivity contribution >= 4 is 23.7 Å². The second-order valence-electron chi connectivity index (χ2n) is 6.46. The highest BCUT2D eigenvalue weighted by atomic mass is 35.5. The molecular weight excluding hydrogens is 306 g/mol. The van der Waals surface area contributed by atoms with E-state index < -0.39 is 23.6 Å². The maximum atomic E-state index is 12.2. The first-order chi connectivity index (χ1) is 10.2. The molecule has 1 heterocycles. The lowest BCUT2D eigenvalue weighted by atomic mass is 9.89. The summed E-state index contributed by atoms with van der Waals surface area (Å²) in [6, 6.07) is 7.14. The lowest BCUT2D eigenvalue weighted by Crippen LogP contribution is -2.35. The zero-order chi connectivity index (χ0) is 16.5. The van der Waals surface area contributed by atoms with E-state index in [1.165, 1.54) is 4.90 Å². The Morgan fingerprint density at radius 2 is 1.91 bits per heavy atom. The molecule has 120 valence electrons. The van der Waals surface area contributed by atoms with Crippen molar-refractivity contribution in [2.45, 2.75) is 32.3 Å². The van der Waals surface area contributed by atoms with Gasteiger partial charge in [0.1, 0.15) is 5.60 Å². The van der Waals surface area contributed by atoms with Gasteiger partial charge < -0.3 is 14.7 Å². The number of carbonyl (C=O) groups is 2. The van der Waals surface area contributed by atoms with E-state index in [-0.39, 0.29) is 19.0 Å². The normalized spacial score (nSPS) is 21.7. The third-order valence-corrected chi connectivity index (χ3v) is 3.94. The van der Waals surface area contributed by atoms with Gasteiger partial charge in [-0.1, -0.05) is 29.8 Å². The van der Waals surface area contributed by atoms with E-state index in [1.807, 2.05) is 12.1 Å². The largest absolute Gasteiger partial charge is 0.481 e. The lowest BCUT2D eigenvalue weighted by Gasteiger charge is -2.24. The van der Waals surface area contributed by atoms with Crippen LogP contribution in [0.15, 0.2) is 24.3 Å². The molecule has 1 aromatic rings. The molecule has 0 aliphatic carbocycles. The fourth-order valence-corrected chi connectivity index (χ4v) is 2.90. The lowest BCUT2D eigenvalue weighted by molar-refractivity contribution is -0.141. The van der Waals surface area contributed by atoms with Gasteiger partial charge in [0.2, 0.25) is 0 Å². The van der Waals surface area contributed by atoms with Gasteiger partial charge in [-0.15, -0.1) is 0 Å². The van der Waals surface area contributed by atoms with Crippen LogP contribution < -0.4 is 0 Å². The summed E-state index contributed by atoms with van der Waals surface area (Å²) in [5.74, 6) is -1.96. The van der Waals surface area contributed by atoms with Gasteiger partial charge in [-0.3, -0.25) is 4.79 Å². The fourth-order valence-electron chi connectivity index (χ4n) is 2.62. The van der Waals surface area contributed by atoms with Crippen molar-refractivity contribution in [2.75, 3.05) is 13.1 Å². The number of carboxylic acid groups (broad SMARTS) is 1. The van der Waals surface area contributed by atoms with E-state index in [0.29, 0.717) is 5.02 Å². The van der Waals surface area contributed by atoms with Crippen molar-refractivity contribution < 1.29 is 19.4 Å². The van der Waals surface area contributed by atoms with Crippen LogP contribution in [0, 0.1) is 5.92 Å². The number of benzene rings is 1. The Balaban J connectivity index is 2.22. The Morgan fingerprint density at radius 1 is 1.27 bits per heavy atom. The Bertz CT molecular complexity index is 582. The van der Waals surface area contributed by atoms with Crippen molar-refractivity contribution in [1.29, 1.82) is 0 Å². The molecule has 0 radical (unpaired) electrons. The summed E-state index contributed by atoms with van der Waals surface area (Å²) in [6.45, 7) is 5.75. The van der Waals surface area contributed by atoms with Crippen LogP contribution in [0.1, 0.15) is 32.3 Å². The number of amides is 1. The van der Waals surface area contributed by atoms with E-state index in [2.05, 4.69) is 0 Å². The maximum Gasteiger partial charge on any atom is 0.410 e. The van der Waals surface area contributed by atoms with E-state index in [0.717, 1.165) is 5.56 Å². The molecule has 0 bridgehead atoms. The van der Waals surface area contributed by atoms with E-state index in [1.54, 1.807) is 32.9 Å². The molecule has 6 heteroatoms. The molecule has 1 fully saturated rings. The number of halogens is 1. The Hall–Kier alpha value is -1.75. The van der Waals surface area contributed by atoms with Crippen LogP contribution in [-0.2, 0) is 9.53 Å². The van der Waals surface area contributed by atoms with Gasteiger partial charge in [0.15, 0.2) is 0 Å². The quantitative estimate of drug-likeness (QED) is 0.905. The number of rotatable bonds is 2. The first-order valence-corrected chi connectivity index (χ1v) is 7.52. The monoisotopic (exact) mass is 325 g/mol. The minimum Gasteiger partial charge on any atom is -0.481 e. The smallest absolute Gasteiger partial charge is 0.410 e. The highest BCUT2D eigenvalue weighted by Crippen LogP contribution is 2.36. The molecule has 1 N–H and O–H groups in total. The van der Waals surface area contributed by atoms with Crippen LogP contribution in [0.2, 0.25) is 5.02 Å². The molecule has 5 nitrogen and oxygen atoms in total. The zero-order valence-electron chi connectivity index (χ0n) is 12.9. The molecule has 1 amide bonds. The number of nitrogens with zero attached hydrogens (tertiary/aromatic N) is 1. The Kier molecular flexibility index (Phi) is 4.66. The summed E-state index contributed by atoms with van der Waals surface area (Å²) < 4.78 is 5.33. The third kappa shape index (κ3) is 3.71. The van der Waals surface area contributed by atoms with Crippen LogP contribution in [0.5, 0.6) is 0 Å². The van der Waals surface area contributed by atoms with Crippen molar-refractivity contribution in [1.82, 2.24) is 4.90 Å². The number of hydrogen-bond donors (Lipinski definition) is 1. The summed E-state index contributed by atoms with van der Waals surface area (Å²) in [7, 11) is 0. The van der Waals surface area contributed by atoms with Gasteiger partial charge in [0.05, 0.1) is 5.92 Å². The van der Waals surface area contributed by atoms with Crippen molar-refractivity contribution in [3.05, 3.63) is 34.9 Å². The summed E-state index contributed by atoms with van der Waals surface area (Å²) >= 11 is 6.18. The molecule has 1 aliphatic heterocycles. The first kappa shape index (κ1) is 16.6. The number of aliphatic carboxylic acids is 1. The number of carbonyl (C=O) groups excluding carboxylic acids is 1. The van der Waals surface area contributed by atoms with Crippen LogP contribution >= 0.6 is 11.6 Å². The summed E-state index contributed by atoms with van der Waals surface area (Å²) in [6.07, 6.45) is -0.492. The average Bonchev–Trinajstić information content (AvgIpc) is 2.82. The highest BCUT2D eigenvalue weighted by molar-refractivity contribution is 6.31. The van der Waals surface area contributed by atoms with Gasteiger partial charge in [-0.25, -0.2) is 4.79 Å². The Morgan fingerprint density at radius 3 is 2.45 bits per heavy atom. The summed E-state index contributed by atoms with van der Waals surface area (Å²) in [5.41, 5.74) is 0.140. The molecule has 0 unspecified atom stereocenters. The highest BCUT2D eigenvalue weighted by Gasteiger charge is 2.42. The molecule has 0 saturated carbocycles. The molecule has 1 aromatic carbocycles. The van der Waals surface area contributed by atoms with Crippen molar-refractivity contribution in [2.24, 2.45) is 5.92 Å². The molecule has 0 aromatic heterocycles. The standard InChI is InChI=1S/C16H20ClNO4/c1-16(2,3)22-15(21)18-8-11(12(9-18)14(19)20)10-6-4-5-7-13(10)17/h4-7,11-12H,8-9H2,1-3H3,(H,19,20)/t11-,12+/m0/s1. The zero-order valence-corrected chi connectivity index (χ0v) is 13.6. The van der Waals surface area contributed by atoms with Gasteiger partial charge in [-0.05, 0) is 32.4 Å². The van der Waals surface area contributed by atoms with Gasteiger partial charge in [0, 0.05) is 24.0 Å². The minimum atomic E-state index is -0.934. The topological polar surface area (TPSA) is 66.8 Å². The van der Waals surface area contributed by atoms with Crippen molar-refractivity contribution in [3.8, 4) is 0 Å². The molecule has 2 rings (SSSR count). The predicted molar refractivity (Wildman–Crippen MR) is 83.1 cm³/mol. The number of hydrogen-bond acceptors (Lipinski definition) is 3.